The molecule has 3 nitrogen and oxygen atoms in total. The Hall–Kier alpha value is -1.98. The highest BCUT2D eigenvalue weighted by Gasteiger charge is 2.32. The van der Waals surface area contributed by atoms with Crippen LogP contribution in [0.3, 0.4) is 0 Å². The molecule has 108 valence electrons. The van der Waals surface area contributed by atoms with Gasteiger partial charge in [0.2, 0.25) is 0 Å². The van der Waals surface area contributed by atoms with Crippen molar-refractivity contribution in [2.45, 2.75) is 19.0 Å². The lowest BCUT2D eigenvalue weighted by molar-refractivity contribution is -0.265. The number of halogens is 3. The van der Waals surface area contributed by atoms with Gasteiger partial charge < -0.3 is 14.8 Å². The maximum atomic E-state index is 12.8. The molecule has 1 aliphatic rings. The minimum atomic E-state index is -4.39. The Labute approximate surface area is 114 Å². The second-order valence-corrected chi connectivity index (χ2v) is 4.64. The predicted octanol–water partition coefficient (Wildman–Crippen LogP) is 2.53. The van der Waals surface area contributed by atoms with Crippen molar-refractivity contribution in [2.75, 3.05) is 13.1 Å². The third-order valence-corrected chi connectivity index (χ3v) is 3.29. The van der Waals surface area contributed by atoms with Crippen molar-refractivity contribution in [2.24, 2.45) is 0 Å². The first-order valence-electron chi connectivity index (χ1n) is 6.19. The molecule has 0 unspecified atom stereocenters. The molecule has 0 saturated carbocycles. The molecular formula is C14H13F3NO2-. The number of amides is 1. The van der Waals surface area contributed by atoms with E-state index in [0.717, 1.165) is 16.5 Å². The number of rotatable bonds is 1. The van der Waals surface area contributed by atoms with Crippen LogP contribution in [0.1, 0.15) is 24.0 Å². The van der Waals surface area contributed by atoms with Gasteiger partial charge in [0.25, 0.3) is 0 Å². The fraction of sp³-hybridized carbons (Fsp3) is 0.357. The highest BCUT2D eigenvalue weighted by molar-refractivity contribution is 5.63. The molecule has 0 bridgehead atoms. The minimum absolute atomic E-state index is 0.122. The third kappa shape index (κ3) is 3.31. The van der Waals surface area contributed by atoms with Crippen molar-refractivity contribution in [3.05, 3.63) is 41.0 Å². The van der Waals surface area contributed by atoms with Crippen molar-refractivity contribution in [1.29, 1.82) is 0 Å². The lowest BCUT2D eigenvalue weighted by Gasteiger charge is -2.30. The number of carbonyl (C=O) groups excluding carboxylic acids is 1. The van der Waals surface area contributed by atoms with Crippen LogP contribution in [0.4, 0.5) is 18.0 Å². The van der Waals surface area contributed by atoms with Gasteiger partial charge in [-0.15, -0.1) is 0 Å². The number of piperidine rings is 1. The Bertz CT molecular complexity index is 527. The van der Waals surface area contributed by atoms with Crippen molar-refractivity contribution >= 4 is 12.2 Å². The van der Waals surface area contributed by atoms with E-state index in [9.17, 15) is 23.1 Å². The van der Waals surface area contributed by atoms with Crippen molar-refractivity contribution in [1.82, 2.24) is 4.90 Å². The van der Waals surface area contributed by atoms with E-state index in [0.29, 0.717) is 12.8 Å². The second kappa shape index (κ2) is 5.56. The summed E-state index contributed by atoms with van der Waals surface area (Å²) in [5, 5.41) is 10.7. The summed E-state index contributed by atoms with van der Waals surface area (Å²) in [6, 6.07) is 5.37. The standard InChI is InChI=1S/C14H14F3NO2/c15-14(16,17)12-4-2-1-3-11(12)9-10-5-7-18(8-6-10)13(19)20/h1-4,9H,5-8H2,(H,19,20)/p-1. The first-order chi connectivity index (χ1) is 9.38. The van der Waals surface area contributed by atoms with Gasteiger partial charge in [-0.25, -0.2) is 0 Å². The SMILES string of the molecule is O=C([O-])N1CCC(=Cc2ccccc2C(F)(F)F)CC1. The van der Waals surface area contributed by atoms with E-state index < -0.39 is 17.8 Å². The van der Waals surface area contributed by atoms with Crippen LogP contribution in [0.15, 0.2) is 29.8 Å². The molecule has 0 atom stereocenters. The van der Waals surface area contributed by atoms with Crippen LogP contribution in [0.5, 0.6) is 0 Å². The molecule has 1 saturated heterocycles. The van der Waals surface area contributed by atoms with Gasteiger partial charge in [0, 0.05) is 13.1 Å². The van der Waals surface area contributed by atoms with Gasteiger partial charge in [0.1, 0.15) is 6.09 Å². The largest absolute Gasteiger partial charge is 0.530 e. The van der Waals surface area contributed by atoms with Crippen molar-refractivity contribution in [3.63, 3.8) is 0 Å². The smallest absolute Gasteiger partial charge is 0.416 e. The average Bonchev–Trinajstić information content (AvgIpc) is 2.38. The summed E-state index contributed by atoms with van der Waals surface area (Å²) >= 11 is 0. The zero-order chi connectivity index (χ0) is 14.8. The second-order valence-electron chi connectivity index (χ2n) is 4.64. The Balaban J connectivity index is 2.19. The molecule has 1 aromatic carbocycles. The van der Waals surface area contributed by atoms with Crippen LogP contribution >= 0.6 is 0 Å². The summed E-state index contributed by atoms with van der Waals surface area (Å²) in [7, 11) is 0. The summed E-state index contributed by atoms with van der Waals surface area (Å²) < 4.78 is 38.5. The molecule has 1 fully saturated rings. The number of carbonyl (C=O) groups is 1. The quantitative estimate of drug-likeness (QED) is 0.795. The first-order valence-corrected chi connectivity index (χ1v) is 6.19. The van der Waals surface area contributed by atoms with Crippen LogP contribution in [0, 0.1) is 0 Å². The molecule has 0 aliphatic carbocycles. The molecule has 0 N–H and O–H groups in total. The van der Waals surface area contributed by atoms with E-state index in [1.165, 1.54) is 18.2 Å². The number of likely N-dealkylation sites (tertiary alicyclic amines) is 1. The van der Waals surface area contributed by atoms with E-state index in [4.69, 9.17) is 0 Å². The highest BCUT2D eigenvalue weighted by Crippen LogP contribution is 2.33. The summed E-state index contributed by atoms with van der Waals surface area (Å²) in [5.74, 6) is 0. The molecule has 1 aliphatic heterocycles. The fourth-order valence-electron chi connectivity index (χ4n) is 2.22. The molecule has 2 rings (SSSR count). The zero-order valence-corrected chi connectivity index (χ0v) is 10.6. The van der Waals surface area contributed by atoms with Crippen molar-refractivity contribution in [3.8, 4) is 0 Å². The molecular weight excluding hydrogens is 271 g/mol. The lowest BCUT2D eigenvalue weighted by atomic mass is 9.98. The van der Waals surface area contributed by atoms with Crippen molar-refractivity contribution < 1.29 is 23.1 Å². The summed E-state index contributed by atoms with van der Waals surface area (Å²) in [4.78, 5) is 11.8. The van der Waals surface area contributed by atoms with E-state index in [1.54, 1.807) is 6.07 Å². The Morgan fingerprint density at radius 2 is 1.80 bits per heavy atom. The summed E-state index contributed by atoms with van der Waals surface area (Å²) in [6.07, 6.45) is -3.26. The monoisotopic (exact) mass is 284 g/mol. The molecule has 1 aromatic rings. The third-order valence-electron chi connectivity index (χ3n) is 3.29. The predicted molar refractivity (Wildman–Crippen MR) is 65.6 cm³/mol. The molecule has 1 amide bonds. The van der Waals surface area contributed by atoms with Gasteiger partial charge in [-0.3, -0.25) is 0 Å². The molecule has 0 spiro atoms. The molecule has 0 radical (unpaired) electrons. The van der Waals surface area contributed by atoms with Crippen LogP contribution in [-0.2, 0) is 6.18 Å². The van der Waals surface area contributed by atoms with E-state index in [2.05, 4.69) is 0 Å². The Morgan fingerprint density at radius 3 is 2.35 bits per heavy atom. The Morgan fingerprint density at radius 1 is 1.20 bits per heavy atom. The van der Waals surface area contributed by atoms with Gasteiger partial charge in [0.15, 0.2) is 0 Å². The maximum Gasteiger partial charge on any atom is 0.416 e. The van der Waals surface area contributed by atoms with E-state index in [-0.39, 0.29) is 18.7 Å². The van der Waals surface area contributed by atoms with Crippen LogP contribution in [0.25, 0.3) is 6.08 Å². The van der Waals surface area contributed by atoms with Gasteiger partial charge in [-0.1, -0.05) is 29.8 Å². The molecule has 20 heavy (non-hydrogen) atoms. The summed E-state index contributed by atoms with van der Waals surface area (Å²) in [6.45, 7) is 0.532. The number of hydrogen-bond donors (Lipinski definition) is 0. The number of benzene rings is 1. The van der Waals surface area contributed by atoms with Crippen LogP contribution in [-0.4, -0.2) is 24.1 Å². The number of carboxylic acid groups (broad SMARTS) is 1. The van der Waals surface area contributed by atoms with Crippen LogP contribution in [0.2, 0.25) is 0 Å². The fourth-order valence-corrected chi connectivity index (χ4v) is 2.22. The normalized spacial score (nSPS) is 16.1. The van der Waals surface area contributed by atoms with Gasteiger partial charge in [0.05, 0.1) is 5.56 Å². The lowest BCUT2D eigenvalue weighted by Crippen LogP contribution is -2.44. The average molecular weight is 284 g/mol. The number of hydrogen-bond acceptors (Lipinski definition) is 2. The summed E-state index contributed by atoms with van der Waals surface area (Å²) in [5.41, 5.74) is 0.269. The van der Waals surface area contributed by atoms with E-state index in [1.807, 2.05) is 0 Å². The topological polar surface area (TPSA) is 43.4 Å². The molecule has 0 aromatic heterocycles. The van der Waals surface area contributed by atoms with Crippen LogP contribution < -0.4 is 5.11 Å². The number of nitrogens with zero attached hydrogens (tertiary/aromatic N) is 1. The maximum absolute atomic E-state index is 12.8. The molecule has 6 heteroatoms. The molecule has 1 heterocycles. The Kier molecular flexibility index (Phi) is 4.01. The first kappa shape index (κ1) is 14.4. The van der Waals surface area contributed by atoms with Gasteiger partial charge >= 0.3 is 6.18 Å². The van der Waals surface area contributed by atoms with Gasteiger partial charge in [-0.2, -0.15) is 13.2 Å². The van der Waals surface area contributed by atoms with Gasteiger partial charge in [-0.05, 0) is 24.5 Å². The minimum Gasteiger partial charge on any atom is -0.530 e. The highest BCUT2D eigenvalue weighted by atomic mass is 19.4. The number of alkyl halides is 3. The zero-order valence-electron chi connectivity index (χ0n) is 10.6. The van der Waals surface area contributed by atoms with E-state index >= 15 is 0 Å².